The summed E-state index contributed by atoms with van der Waals surface area (Å²) in [5.41, 5.74) is 0. The van der Waals surface area contributed by atoms with Gasteiger partial charge in [-0.25, -0.2) is 0 Å². The van der Waals surface area contributed by atoms with Gasteiger partial charge in [-0.3, -0.25) is 0 Å². The van der Waals surface area contributed by atoms with Gasteiger partial charge in [-0.1, -0.05) is 32.1 Å². The van der Waals surface area contributed by atoms with Gasteiger partial charge in [-0.05, 0) is 25.7 Å². The van der Waals surface area contributed by atoms with E-state index in [4.69, 9.17) is 9.47 Å². The van der Waals surface area contributed by atoms with Crippen LogP contribution in [0.5, 0.6) is 0 Å². The topological polar surface area (TPSA) is 18.5 Å². The van der Waals surface area contributed by atoms with E-state index in [0.717, 1.165) is 13.2 Å². The molecule has 2 atom stereocenters. The molecule has 2 heterocycles. The molecule has 0 N–H and O–H groups in total. The summed E-state index contributed by atoms with van der Waals surface area (Å²) < 4.78 is 10.8. The summed E-state index contributed by atoms with van der Waals surface area (Å²) in [6, 6.07) is 0. The second-order valence-electron chi connectivity index (χ2n) is 4.91. The Balaban J connectivity index is 1.29. The quantitative estimate of drug-likeness (QED) is 0.575. The minimum absolute atomic E-state index is 0.619. The van der Waals surface area contributed by atoms with Gasteiger partial charge < -0.3 is 9.47 Å². The lowest BCUT2D eigenvalue weighted by Gasteiger charge is -2.26. The number of hydrogen-bond donors (Lipinski definition) is 0. The predicted octanol–water partition coefficient (Wildman–Crippen LogP) is 3.29. The number of ether oxygens (including phenoxy) is 2. The maximum Gasteiger partial charge on any atom is 0.0597 e. The average molecular weight is 212 g/mol. The van der Waals surface area contributed by atoms with Crippen molar-refractivity contribution in [2.24, 2.45) is 0 Å². The van der Waals surface area contributed by atoms with Crippen molar-refractivity contribution < 1.29 is 9.47 Å². The molecule has 0 saturated carbocycles. The largest absolute Gasteiger partial charge is 0.378 e. The molecule has 0 radical (unpaired) electrons. The van der Waals surface area contributed by atoms with Gasteiger partial charge >= 0.3 is 0 Å². The lowest BCUT2D eigenvalue weighted by Crippen LogP contribution is -2.26. The van der Waals surface area contributed by atoms with Crippen molar-refractivity contribution in [3.8, 4) is 0 Å². The van der Waals surface area contributed by atoms with Crippen molar-refractivity contribution in [1.82, 2.24) is 0 Å². The molecule has 15 heavy (non-hydrogen) atoms. The van der Waals surface area contributed by atoms with Crippen molar-refractivity contribution in [3.63, 3.8) is 0 Å². The Kier molecular flexibility index (Phi) is 4.94. The zero-order valence-electron chi connectivity index (χ0n) is 9.75. The fraction of sp³-hybridized carbons (Fsp3) is 1.00. The van der Waals surface area contributed by atoms with Gasteiger partial charge in [0.1, 0.15) is 0 Å². The molecule has 2 unspecified atom stereocenters. The Labute approximate surface area is 93.3 Å². The lowest BCUT2D eigenvalue weighted by molar-refractivity contribution is -0.0563. The van der Waals surface area contributed by atoms with Crippen LogP contribution in [0.2, 0.25) is 0 Å². The average Bonchev–Trinajstić information content (AvgIpc) is 2.09. The summed E-state index contributed by atoms with van der Waals surface area (Å²) in [4.78, 5) is 0. The van der Waals surface area contributed by atoms with Gasteiger partial charge in [0, 0.05) is 13.2 Å². The first kappa shape index (κ1) is 11.4. The van der Waals surface area contributed by atoms with Crippen LogP contribution in [0.25, 0.3) is 0 Å². The minimum Gasteiger partial charge on any atom is -0.378 e. The van der Waals surface area contributed by atoms with Crippen molar-refractivity contribution in [2.45, 2.75) is 70.0 Å². The molecule has 2 nitrogen and oxygen atoms in total. The third-order valence-corrected chi connectivity index (χ3v) is 3.64. The molecule has 2 aliphatic rings. The smallest absolute Gasteiger partial charge is 0.0597 e. The highest BCUT2D eigenvalue weighted by atomic mass is 16.5. The summed E-state index contributed by atoms with van der Waals surface area (Å²) in [5, 5.41) is 0. The monoisotopic (exact) mass is 212 g/mol. The van der Waals surface area contributed by atoms with Crippen LogP contribution in [0.4, 0.5) is 0 Å². The highest BCUT2D eigenvalue weighted by Gasteiger charge is 2.17. The first-order valence-corrected chi connectivity index (χ1v) is 6.68. The first-order valence-electron chi connectivity index (χ1n) is 6.68. The van der Waals surface area contributed by atoms with Gasteiger partial charge in [0.25, 0.3) is 0 Å². The highest BCUT2D eigenvalue weighted by Crippen LogP contribution is 2.20. The van der Waals surface area contributed by atoms with Crippen molar-refractivity contribution >= 4 is 0 Å². The lowest BCUT2D eigenvalue weighted by atomic mass is 10.0. The molecule has 0 aromatic heterocycles. The summed E-state index contributed by atoms with van der Waals surface area (Å²) in [7, 11) is 0. The maximum absolute atomic E-state index is 5.40. The van der Waals surface area contributed by atoms with Crippen molar-refractivity contribution in [3.05, 3.63) is 0 Å². The van der Waals surface area contributed by atoms with Crippen molar-refractivity contribution in [1.29, 1.82) is 0 Å². The SMILES string of the molecule is C(CCCC1CCO1)CCCC1CCO1. The molecule has 2 saturated heterocycles. The molecule has 2 aliphatic heterocycles. The Morgan fingerprint density at radius 3 is 1.40 bits per heavy atom. The van der Waals surface area contributed by atoms with Crippen LogP contribution >= 0.6 is 0 Å². The summed E-state index contributed by atoms with van der Waals surface area (Å²) in [5.74, 6) is 0. The van der Waals surface area contributed by atoms with Crippen LogP contribution < -0.4 is 0 Å². The second-order valence-corrected chi connectivity index (χ2v) is 4.91. The third-order valence-electron chi connectivity index (χ3n) is 3.64. The van der Waals surface area contributed by atoms with Gasteiger partial charge in [-0.2, -0.15) is 0 Å². The Morgan fingerprint density at radius 1 is 0.667 bits per heavy atom. The standard InChI is InChI=1S/C13H24O2/c1(2-4-6-12-8-10-14-12)3-5-7-13-9-11-15-13/h12-13H,1-11H2. The fourth-order valence-corrected chi connectivity index (χ4v) is 2.30. The van der Waals surface area contributed by atoms with E-state index in [9.17, 15) is 0 Å². The second kappa shape index (κ2) is 6.49. The van der Waals surface area contributed by atoms with Crippen LogP contribution in [0, 0.1) is 0 Å². The van der Waals surface area contributed by atoms with Crippen LogP contribution in [-0.2, 0) is 9.47 Å². The maximum atomic E-state index is 5.40. The first-order chi connectivity index (χ1) is 7.45. The molecule has 2 heteroatoms. The van der Waals surface area contributed by atoms with E-state index in [-0.39, 0.29) is 0 Å². The van der Waals surface area contributed by atoms with Crippen LogP contribution in [-0.4, -0.2) is 25.4 Å². The number of rotatable bonds is 8. The van der Waals surface area contributed by atoms with Gasteiger partial charge in [0.05, 0.1) is 12.2 Å². The molecule has 0 aliphatic carbocycles. The molecular formula is C13H24O2. The predicted molar refractivity (Wildman–Crippen MR) is 61.0 cm³/mol. The minimum atomic E-state index is 0.619. The van der Waals surface area contributed by atoms with E-state index in [1.807, 2.05) is 0 Å². The molecule has 0 aromatic rings. The van der Waals surface area contributed by atoms with Gasteiger partial charge in [0.2, 0.25) is 0 Å². The van der Waals surface area contributed by atoms with E-state index in [2.05, 4.69) is 0 Å². The molecule has 0 amide bonds. The fourth-order valence-electron chi connectivity index (χ4n) is 2.30. The Bertz CT molecular complexity index is 144. The summed E-state index contributed by atoms with van der Waals surface area (Å²) in [6.45, 7) is 2.01. The van der Waals surface area contributed by atoms with Crippen LogP contribution in [0.1, 0.15) is 57.8 Å². The molecule has 88 valence electrons. The Morgan fingerprint density at radius 2 is 1.07 bits per heavy atom. The zero-order valence-corrected chi connectivity index (χ0v) is 9.75. The summed E-state index contributed by atoms with van der Waals surface area (Å²) in [6.07, 6.45) is 13.4. The van der Waals surface area contributed by atoms with Crippen molar-refractivity contribution in [2.75, 3.05) is 13.2 Å². The number of hydrogen-bond acceptors (Lipinski definition) is 2. The Hall–Kier alpha value is -0.0800. The van der Waals surface area contributed by atoms with E-state index in [0.29, 0.717) is 12.2 Å². The molecule has 0 spiro atoms. The van der Waals surface area contributed by atoms with Gasteiger partial charge in [-0.15, -0.1) is 0 Å². The van der Waals surface area contributed by atoms with Crippen LogP contribution in [0.3, 0.4) is 0 Å². The van der Waals surface area contributed by atoms with Crippen LogP contribution in [0.15, 0.2) is 0 Å². The highest BCUT2D eigenvalue weighted by molar-refractivity contribution is 4.67. The van der Waals surface area contributed by atoms with E-state index >= 15 is 0 Å². The third kappa shape index (κ3) is 4.12. The van der Waals surface area contributed by atoms with E-state index < -0.39 is 0 Å². The van der Waals surface area contributed by atoms with E-state index in [1.54, 1.807) is 0 Å². The zero-order chi connectivity index (χ0) is 10.3. The van der Waals surface area contributed by atoms with Gasteiger partial charge in [0.15, 0.2) is 0 Å². The molecular weight excluding hydrogens is 188 g/mol. The molecule has 2 rings (SSSR count). The normalized spacial score (nSPS) is 29.6. The van der Waals surface area contributed by atoms with E-state index in [1.165, 1.54) is 57.8 Å². The molecule has 0 bridgehead atoms. The summed E-state index contributed by atoms with van der Waals surface area (Å²) >= 11 is 0. The molecule has 2 fully saturated rings. The number of unbranched alkanes of at least 4 members (excludes halogenated alkanes) is 4. The molecule has 0 aromatic carbocycles.